The first-order valence-corrected chi connectivity index (χ1v) is 10.4. The second kappa shape index (κ2) is 11.0. The van der Waals surface area contributed by atoms with Crippen LogP contribution in [0.15, 0.2) is 84.9 Å². The molecule has 0 aliphatic heterocycles. The largest absolute Gasteiger partial charge is 0.489 e. The lowest BCUT2D eigenvalue weighted by Crippen LogP contribution is -2.14. The minimum atomic E-state index is -0.919. The third-order valence-corrected chi connectivity index (χ3v) is 5.39. The van der Waals surface area contributed by atoms with Crippen molar-refractivity contribution in [2.24, 2.45) is 0 Å². The van der Waals surface area contributed by atoms with Gasteiger partial charge in [0.25, 0.3) is 0 Å². The predicted molar refractivity (Wildman–Crippen MR) is 131 cm³/mol. The summed E-state index contributed by atoms with van der Waals surface area (Å²) < 4.78 is 6.17. The van der Waals surface area contributed by atoms with E-state index >= 15 is 0 Å². The maximum absolute atomic E-state index is 11.0. The van der Waals surface area contributed by atoms with E-state index in [0.29, 0.717) is 24.7 Å². The van der Waals surface area contributed by atoms with Crippen molar-refractivity contribution in [1.82, 2.24) is 5.32 Å². The number of halogens is 2. The van der Waals surface area contributed by atoms with Gasteiger partial charge in [-0.2, -0.15) is 0 Å². The van der Waals surface area contributed by atoms with Gasteiger partial charge in [0, 0.05) is 23.7 Å². The van der Waals surface area contributed by atoms with Gasteiger partial charge in [-0.1, -0.05) is 66.2 Å². The van der Waals surface area contributed by atoms with Gasteiger partial charge in [-0.3, -0.25) is 0 Å². The van der Waals surface area contributed by atoms with Crippen LogP contribution in [0, 0.1) is 0 Å². The maximum Gasteiger partial charge on any atom is 0.335 e. The highest BCUT2D eigenvalue weighted by molar-refractivity contribution is 6.30. The van der Waals surface area contributed by atoms with Crippen molar-refractivity contribution in [2.45, 2.75) is 19.7 Å². The van der Waals surface area contributed by atoms with Crippen LogP contribution in [0.2, 0.25) is 5.02 Å². The molecule has 0 heterocycles. The number of rotatable bonds is 8. The van der Waals surface area contributed by atoms with E-state index in [9.17, 15) is 4.79 Å². The smallest absolute Gasteiger partial charge is 0.335 e. The normalized spacial score (nSPS) is 10.5. The minimum Gasteiger partial charge on any atom is -0.489 e. The summed E-state index contributed by atoms with van der Waals surface area (Å²) in [5, 5.41) is 15.5. The molecule has 0 spiro atoms. The molecular weight excluding hydrogens is 445 g/mol. The molecule has 0 atom stereocenters. The number of ether oxygens (including phenoxy) is 1. The Kier molecular flexibility index (Phi) is 8.12. The van der Waals surface area contributed by atoms with Crippen LogP contribution < -0.4 is 10.1 Å². The molecule has 0 amide bonds. The number of aromatic carboxylic acids is 1. The number of carboxylic acids is 1. The van der Waals surface area contributed by atoms with Gasteiger partial charge in [0.2, 0.25) is 0 Å². The molecule has 0 aliphatic carbocycles. The zero-order chi connectivity index (χ0) is 21.6. The van der Waals surface area contributed by atoms with E-state index in [1.807, 2.05) is 54.6 Å². The van der Waals surface area contributed by atoms with Crippen molar-refractivity contribution in [3.05, 3.63) is 112 Å². The monoisotopic (exact) mass is 467 g/mol. The molecule has 164 valence electrons. The molecule has 0 bridgehead atoms. The Labute approximate surface area is 198 Å². The molecule has 32 heavy (non-hydrogen) atoms. The third kappa shape index (κ3) is 5.80. The molecule has 0 saturated carbocycles. The van der Waals surface area contributed by atoms with Gasteiger partial charge >= 0.3 is 5.97 Å². The number of carbonyl (C=O) groups is 1. The molecule has 0 aromatic heterocycles. The van der Waals surface area contributed by atoms with E-state index < -0.39 is 5.97 Å². The van der Waals surface area contributed by atoms with Crippen LogP contribution in [0.3, 0.4) is 0 Å². The first-order chi connectivity index (χ1) is 15.1. The number of hydrogen-bond acceptors (Lipinski definition) is 3. The Hall–Kier alpha value is -3.05. The quantitative estimate of drug-likeness (QED) is 0.311. The van der Waals surface area contributed by atoms with Crippen LogP contribution in [0.4, 0.5) is 0 Å². The topological polar surface area (TPSA) is 58.6 Å². The summed E-state index contributed by atoms with van der Waals surface area (Å²) in [7, 11) is 0. The maximum atomic E-state index is 11.0. The summed E-state index contributed by atoms with van der Waals surface area (Å²) in [6.45, 7) is 1.71. The fourth-order valence-corrected chi connectivity index (χ4v) is 3.60. The molecular formula is C26H23Cl2NO3. The number of carboxylic acid groups (broad SMARTS) is 1. The Bertz CT molecular complexity index is 1190. The van der Waals surface area contributed by atoms with Crippen molar-refractivity contribution >= 4 is 40.7 Å². The molecule has 0 radical (unpaired) electrons. The molecule has 4 nitrogen and oxygen atoms in total. The van der Waals surface area contributed by atoms with E-state index in [0.717, 1.165) is 33.2 Å². The van der Waals surface area contributed by atoms with Gasteiger partial charge < -0.3 is 15.2 Å². The summed E-state index contributed by atoms with van der Waals surface area (Å²) in [5.74, 6) is -0.0832. The van der Waals surface area contributed by atoms with Gasteiger partial charge in [0.1, 0.15) is 12.4 Å². The average Bonchev–Trinajstić information content (AvgIpc) is 2.79. The van der Waals surface area contributed by atoms with Gasteiger partial charge in [0.05, 0.1) is 5.56 Å². The number of benzene rings is 4. The fraction of sp³-hybridized carbons (Fsp3) is 0.115. The molecule has 0 aliphatic rings. The Morgan fingerprint density at radius 1 is 0.844 bits per heavy atom. The molecule has 4 aromatic carbocycles. The van der Waals surface area contributed by atoms with E-state index in [-0.39, 0.29) is 18.0 Å². The SMILES string of the molecule is Cl.O=C(O)c1ccc(CNCc2c(OCc3ccc(Cl)cc3)ccc3ccccc23)cc1. The number of hydrogen-bond donors (Lipinski definition) is 2. The predicted octanol–water partition coefficient (Wildman–Crippen LogP) is 6.48. The lowest BCUT2D eigenvalue weighted by Gasteiger charge is -2.15. The Morgan fingerprint density at radius 3 is 2.25 bits per heavy atom. The highest BCUT2D eigenvalue weighted by Crippen LogP contribution is 2.29. The summed E-state index contributed by atoms with van der Waals surface area (Å²) >= 11 is 5.97. The van der Waals surface area contributed by atoms with Gasteiger partial charge in [-0.05, 0) is 52.2 Å². The molecule has 0 fully saturated rings. The van der Waals surface area contributed by atoms with E-state index in [1.165, 1.54) is 0 Å². The summed E-state index contributed by atoms with van der Waals surface area (Å²) in [4.78, 5) is 11.0. The van der Waals surface area contributed by atoms with Crippen LogP contribution >= 0.6 is 24.0 Å². The summed E-state index contributed by atoms with van der Waals surface area (Å²) in [6.07, 6.45) is 0. The van der Waals surface area contributed by atoms with Crippen LogP contribution in [-0.2, 0) is 19.7 Å². The first kappa shape index (κ1) is 23.6. The van der Waals surface area contributed by atoms with Gasteiger partial charge in [-0.15, -0.1) is 12.4 Å². The molecule has 4 aromatic rings. The Balaban J connectivity index is 0.00000289. The molecule has 2 N–H and O–H groups in total. The highest BCUT2D eigenvalue weighted by Gasteiger charge is 2.10. The van der Waals surface area contributed by atoms with E-state index in [1.54, 1.807) is 12.1 Å². The van der Waals surface area contributed by atoms with Crippen LogP contribution in [-0.4, -0.2) is 11.1 Å². The minimum absolute atomic E-state index is 0. The first-order valence-electron chi connectivity index (χ1n) is 10.0. The van der Waals surface area contributed by atoms with Crippen LogP contribution in [0.25, 0.3) is 10.8 Å². The lowest BCUT2D eigenvalue weighted by atomic mass is 10.0. The highest BCUT2D eigenvalue weighted by atomic mass is 35.5. The van der Waals surface area contributed by atoms with E-state index in [4.69, 9.17) is 21.4 Å². The fourth-order valence-electron chi connectivity index (χ4n) is 3.47. The summed E-state index contributed by atoms with van der Waals surface area (Å²) in [5.41, 5.74) is 3.45. The van der Waals surface area contributed by atoms with E-state index in [2.05, 4.69) is 23.5 Å². The number of nitrogens with one attached hydrogen (secondary N) is 1. The average molecular weight is 468 g/mol. The van der Waals surface area contributed by atoms with Crippen LogP contribution in [0.1, 0.15) is 27.0 Å². The zero-order valence-electron chi connectivity index (χ0n) is 17.3. The molecule has 6 heteroatoms. The second-order valence-electron chi connectivity index (χ2n) is 7.28. The summed E-state index contributed by atoms with van der Waals surface area (Å²) in [6, 6.07) is 26.9. The van der Waals surface area contributed by atoms with Crippen LogP contribution in [0.5, 0.6) is 5.75 Å². The van der Waals surface area contributed by atoms with Gasteiger partial charge in [0.15, 0.2) is 0 Å². The van der Waals surface area contributed by atoms with Gasteiger partial charge in [-0.25, -0.2) is 4.79 Å². The van der Waals surface area contributed by atoms with Crippen molar-refractivity contribution in [3.8, 4) is 5.75 Å². The third-order valence-electron chi connectivity index (χ3n) is 5.14. The van der Waals surface area contributed by atoms with Crippen molar-refractivity contribution in [3.63, 3.8) is 0 Å². The van der Waals surface area contributed by atoms with Crippen molar-refractivity contribution < 1.29 is 14.6 Å². The molecule has 0 saturated heterocycles. The number of fused-ring (bicyclic) bond motifs is 1. The van der Waals surface area contributed by atoms with Crippen molar-refractivity contribution in [2.75, 3.05) is 0 Å². The molecule has 0 unspecified atom stereocenters. The van der Waals surface area contributed by atoms with Crippen molar-refractivity contribution in [1.29, 1.82) is 0 Å². The lowest BCUT2D eigenvalue weighted by molar-refractivity contribution is 0.0697. The Morgan fingerprint density at radius 2 is 1.53 bits per heavy atom. The molecule has 4 rings (SSSR count). The standard InChI is InChI=1S/C26H22ClNO3.ClH/c27-22-12-7-19(8-13-22)17-31-25-14-11-20-3-1-2-4-23(20)24(25)16-28-15-18-5-9-21(10-6-18)26(29)30;/h1-14,28H,15-17H2,(H,29,30);1H. The zero-order valence-corrected chi connectivity index (χ0v) is 18.8. The second-order valence-corrected chi connectivity index (χ2v) is 7.72.